The molecule has 0 aliphatic carbocycles. The van der Waals surface area contributed by atoms with Gasteiger partial charge in [-0.25, -0.2) is 0 Å². The minimum absolute atomic E-state index is 0.0640. The van der Waals surface area contributed by atoms with Crippen molar-refractivity contribution in [1.29, 1.82) is 0 Å². The van der Waals surface area contributed by atoms with Crippen LogP contribution in [0.15, 0.2) is 36.4 Å². The molecule has 3 aromatic rings. The third-order valence-electron chi connectivity index (χ3n) is 5.11. The minimum atomic E-state index is -0.116. The minimum Gasteiger partial charge on any atom is -0.335 e. The number of para-hydroxylation sites is 1. The summed E-state index contributed by atoms with van der Waals surface area (Å²) >= 11 is 0. The highest BCUT2D eigenvalue weighted by atomic mass is 16.2. The molecular weight excluding hydrogens is 356 g/mol. The number of fused-ring (bicyclic) bond motifs is 1. The maximum atomic E-state index is 12.9. The Hall–Kier alpha value is -3.26. The second-order valence-electron chi connectivity index (χ2n) is 6.84. The fraction of sp³-hybridized carbons (Fsp3) is 0.300. The number of H-pyrrole nitrogens is 1. The smallest absolute Gasteiger partial charge is 0.275 e. The Bertz CT molecular complexity index is 1040. The number of carbonyl (C=O) groups is 2. The van der Waals surface area contributed by atoms with Crippen molar-refractivity contribution in [1.82, 2.24) is 25.0 Å². The summed E-state index contributed by atoms with van der Waals surface area (Å²) in [4.78, 5) is 33.6. The molecule has 3 heterocycles. The van der Waals surface area contributed by atoms with Crippen LogP contribution in [-0.2, 0) is 6.54 Å². The van der Waals surface area contributed by atoms with Crippen molar-refractivity contribution in [3.8, 4) is 0 Å². The van der Waals surface area contributed by atoms with Crippen LogP contribution in [0.1, 0.15) is 32.2 Å². The number of hydrogen-bond acceptors (Lipinski definition) is 5. The van der Waals surface area contributed by atoms with Gasteiger partial charge in [-0.05, 0) is 25.1 Å². The van der Waals surface area contributed by atoms with Crippen LogP contribution in [0, 0.1) is 6.92 Å². The van der Waals surface area contributed by atoms with Crippen LogP contribution in [0.4, 0.5) is 0 Å². The SMILES string of the molecule is Cc1nc(CN)ccc1C(=O)N1CCN(C(=O)c2n[nH]c3ccccc23)CC1. The van der Waals surface area contributed by atoms with E-state index in [1.807, 2.05) is 31.2 Å². The first-order valence-electron chi connectivity index (χ1n) is 9.26. The molecule has 0 unspecified atom stereocenters. The van der Waals surface area contributed by atoms with Gasteiger partial charge in [-0.1, -0.05) is 18.2 Å². The van der Waals surface area contributed by atoms with Gasteiger partial charge in [0.05, 0.1) is 22.5 Å². The Morgan fingerprint density at radius 3 is 2.39 bits per heavy atom. The van der Waals surface area contributed by atoms with Gasteiger partial charge >= 0.3 is 0 Å². The maximum Gasteiger partial charge on any atom is 0.275 e. The van der Waals surface area contributed by atoms with Crippen molar-refractivity contribution in [2.45, 2.75) is 13.5 Å². The Kier molecular flexibility index (Phi) is 4.79. The van der Waals surface area contributed by atoms with Gasteiger partial charge in [0.2, 0.25) is 0 Å². The van der Waals surface area contributed by atoms with Crippen LogP contribution in [0.5, 0.6) is 0 Å². The number of aromatic nitrogens is 3. The molecule has 1 aliphatic heterocycles. The summed E-state index contributed by atoms with van der Waals surface area (Å²) in [7, 11) is 0. The number of pyridine rings is 1. The van der Waals surface area contributed by atoms with Gasteiger partial charge in [-0.2, -0.15) is 5.10 Å². The van der Waals surface area contributed by atoms with Crippen molar-refractivity contribution in [3.63, 3.8) is 0 Å². The van der Waals surface area contributed by atoms with Crippen LogP contribution >= 0.6 is 0 Å². The van der Waals surface area contributed by atoms with E-state index in [0.717, 1.165) is 16.6 Å². The normalized spacial score (nSPS) is 14.5. The largest absolute Gasteiger partial charge is 0.335 e. The molecule has 0 radical (unpaired) electrons. The van der Waals surface area contributed by atoms with Gasteiger partial charge in [-0.3, -0.25) is 19.7 Å². The lowest BCUT2D eigenvalue weighted by Gasteiger charge is -2.34. The summed E-state index contributed by atoms with van der Waals surface area (Å²) in [5.41, 5.74) is 8.88. The first-order valence-corrected chi connectivity index (χ1v) is 9.26. The van der Waals surface area contributed by atoms with E-state index in [1.54, 1.807) is 21.9 Å². The van der Waals surface area contributed by atoms with E-state index in [2.05, 4.69) is 15.2 Å². The van der Waals surface area contributed by atoms with Gasteiger partial charge in [0.1, 0.15) is 0 Å². The molecule has 0 bridgehead atoms. The van der Waals surface area contributed by atoms with Gasteiger partial charge < -0.3 is 15.5 Å². The molecule has 1 aromatic carbocycles. The molecule has 2 amide bonds. The highest BCUT2D eigenvalue weighted by Crippen LogP contribution is 2.18. The Morgan fingerprint density at radius 1 is 1.04 bits per heavy atom. The van der Waals surface area contributed by atoms with Gasteiger partial charge in [0, 0.05) is 38.1 Å². The number of benzene rings is 1. The molecular formula is C20H22N6O2. The molecule has 4 rings (SSSR count). The molecule has 0 spiro atoms. The summed E-state index contributed by atoms with van der Waals surface area (Å²) in [6.07, 6.45) is 0. The number of amides is 2. The number of carbonyl (C=O) groups excluding carboxylic acids is 2. The zero-order valence-corrected chi connectivity index (χ0v) is 15.7. The van der Waals surface area contributed by atoms with Crippen molar-refractivity contribution in [2.24, 2.45) is 5.73 Å². The number of rotatable bonds is 3. The van der Waals surface area contributed by atoms with Crippen molar-refractivity contribution < 1.29 is 9.59 Å². The average Bonchev–Trinajstić information content (AvgIpc) is 3.17. The van der Waals surface area contributed by atoms with E-state index in [-0.39, 0.29) is 11.8 Å². The molecule has 1 fully saturated rings. The summed E-state index contributed by atoms with van der Waals surface area (Å²) in [5.74, 6) is -0.180. The summed E-state index contributed by atoms with van der Waals surface area (Å²) in [5, 5.41) is 7.89. The summed E-state index contributed by atoms with van der Waals surface area (Å²) < 4.78 is 0. The molecule has 2 aromatic heterocycles. The number of nitrogens with zero attached hydrogens (tertiary/aromatic N) is 4. The highest BCUT2D eigenvalue weighted by molar-refractivity contribution is 6.04. The second-order valence-corrected chi connectivity index (χ2v) is 6.84. The molecule has 0 saturated carbocycles. The zero-order chi connectivity index (χ0) is 19.7. The second kappa shape index (κ2) is 7.40. The first-order chi connectivity index (χ1) is 13.6. The maximum absolute atomic E-state index is 12.9. The van der Waals surface area contributed by atoms with E-state index in [0.29, 0.717) is 49.7 Å². The fourth-order valence-corrected chi connectivity index (χ4v) is 3.51. The molecule has 28 heavy (non-hydrogen) atoms. The van der Waals surface area contributed by atoms with E-state index in [4.69, 9.17) is 5.73 Å². The van der Waals surface area contributed by atoms with E-state index in [9.17, 15) is 9.59 Å². The van der Waals surface area contributed by atoms with Crippen LogP contribution < -0.4 is 5.73 Å². The number of nitrogens with two attached hydrogens (primary N) is 1. The van der Waals surface area contributed by atoms with Gasteiger partial charge in [0.15, 0.2) is 5.69 Å². The molecule has 144 valence electrons. The molecule has 8 nitrogen and oxygen atoms in total. The van der Waals surface area contributed by atoms with Gasteiger partial charge in [0.25, 0.3) is 11.8 Å². The predicted molar refractivity (Wildman–Crippen MR) is 105 cm³/mol. The monoisotopic (exact) mass is 378 g/mol. The average molecular weight is 378 g/mol. The third-order valence-corrected chi connectivity index (χ3v) is 5.11. The lowest BCUT2D eigenvalue weighted by Crippen LogP contribution is -2.50. The lowest BCUT2D eigenvalue weighted by atomic mass is 10.1. The van der Waals surface area contributed by atoms with Crippen molar-refractivity contribution in [3.05, 3.63) is 59.0 Å². The van der Waals surface area contributed by atoms with Crippen LogP contribution in [0.3, 0.4) is 0 Å². The number of hydrogen-bond donors (Lipinski definition) is 2. The molecule has 0 atom stereocenters. The quantitative estimate of drug-likeness (QED) is 0.715. The molecule has 8 heteroatoms. The standard InChI is InChI=1S/C20H22N6O2/c1-13-15(7-6-14(12-21)22-13)19(27)25-8-10-26(11-9-25)20(28)18-16-4-2-3-5-17(16)23-24-18/h2-7H,8-12,21H2,1H3,(H,23,24). The summed E-state index contributed by atoms with van der Waals surface area (Å²) in [6.45, 7) is 4.06. The topological polar surface area (TPSA) is 108 Å². The Balaban J connectivity index is 1.44. The van der Waals surface area contributed by atoms with Gasteiger partial charge in [-0.15, -0.1) is 0 Å². The predicted octanol–water partition coefficient (Wildman–Crippen LogP) is 1.32. The number of nitrogens with one attached hydrogen (secondary N) is 1. The fourth-order valence-electron chi connectivity index (χ4n) is 3.51. The highest BCUT2D eigenvalue weighted by Gasteiger charge is 2.28. The van der Waals surface area contributed by atoms with Crippen LogP contribution in [0.2, 0.25) is 0 Å². The van der Waals surface area contributed by atoms with Crippen molar-refractivity contribution >= 4 is 22.7 Å². The van der Waals surface area contributed by atoms with E-state index >= 15 is 0 Å². The Morgan fingerprint density at radius 2 is 1.71 bits per heavy atom. The first kappa shape index (κ1) is 18.1. The van der Waals surface area contributed by atoms with Crippen LogP contribution in [-0.4, -0.2) is 63.0 Å². The van der Waals surface area contributed by atoms with E-state index < -0.39 is 0 Å². The zero-order valence-electron chi connectivity index (χ0n) is 15.7. The molecule has 1 aliphatic rings. The lowest BCUT2D eigenvalue weighted by molar-refractivity contribution is 0.0532. The number of aryl methyl sites for hydroxylation is 1. The number of aromatic amines is 1. The van der Waals surface area contributed by atoms with E-state index in [1.165, 1.54) is 0 Å². The molecule has 3 N–H and O–H groups in total. The van der Waals surface area contributed by atoms with Crippen LogP contribution in [0.25, 0.3) is 10.9 Å². The van der Waals surface area contributed by atoms with Crippen molar-refractivity contribution in [2.75, 3.05) is 26.2 Å². The Labute approximate surface area is 162 Å². The molecule has 1 saturated heterocycles. The third kappa shape index (κ3) is 3.22. The summed E-state index contributed by atoms with van der Waals surface area (Å²) in [6, 6.07) is 11.1. The number of piperazine rings is 1.